The van der Waals surface area contributed by atoms with Crippen molar-refractivity contribution in [3.8, 4) is 0 Å². The number of benzene rings is 3. The van der Waals surface area contributed by atoms with Gasteiger partial charge in [-0.05, 0) is 199 Å². The third-order valence-corrected chi connectivity index (χ3v) is 10.4. The monoisotopic (exact) mass is 538 g/mol. The molecule has 3 aliphatic carbocycles. The van der Waals surface area contributed by atoms with E-state index in [1.807, 2.05) is 0 Å². The van der Waals surface area contributed by atoms with Crippen LogP contribution in [-0.2, 0) is 19.3 Å². The zero-order chi connectivity index (χ0) is 29.2. The average Bonchev–Trinajstić information content (AvgIpc) is 3.70. The van der Waals surface area contributed by atoms with Crippen LogP contribution in [0.4, 0.5) is 0 Å². The van der Waals surface area contributed by atoms with E-state index in [2.05, 4.69) is 104 Å². The highest BCUT2D eigenvalue weighted by atomic mass is 14.4. The molecule has 3 aromatic carbocycles. The second-order valence-electron chi connectivity index (χ2n) is 13.7. The second kappa shape index (κ2) is 11.5. The minimum Gasteiger partial charge on any atom is -0.0776 e. The molecule has 3 aromatic rings. The van der Waals surface area contributed by atoms with Gasteiger partial charge in [-0.1, -0.05) is 49.0 Å². The Morgan fingerprint density at radius 2 is 0.575 bits per heavy atom. The SMILES string of the molecule is C.Cc1c(C)c(C)c(C(C)C)c(C)c1C.Cc1c(C)c2c(c(C(C)C)c1C)C2.Cc1c2c(c(C(C)C)c3c1C3)C2. The van der Waals surface area contributed by atoms with Gasteiger partial charge in [0.1, 0.15) is 0 Å². The van der Waals surface area contributed by atoms with Crippen LogP contribution in [0.25, 0.3) is 0 Å². The molecule has 0 radical (unpaired) electrons. The Morgan fingerprint density at radius 3 is 0.950 bits per heavy atom. The molecule has 0 saturated heterocycles. The average molecular weight is 539 g/mol. The van der Waals surface area contributed by atoms with Crippen molar-refractivity contribution in [2.75, 3.05) is 0 Å². The van der Waals surface area contributed by atoms with Gasteiger partial charge >= 0.3 is 0 Å². The standard InChI is InChI=1S/C14H22.C13H18.C12H14.CH4/c1-8(2)14-12(6)10(4)9(3)11(5)13(14)7;1-7(2)13-10(5)8(3)9(4)11-6-12(11)13;1-6(2)12-10-4-8(10)7(3)9-5-11(9)12;/h8H,1-7H3;7H,6H2,1-5H3;6H,4-5H2,1-3H3;1H4. The van der Waals surface area contributed by atoms with Crippen molar-refractivity contribution in [1.29, 1.82) is 0 Å². The van der Waals surface area contributed by atoms with Crippen LogP contribution in [0, 0.1) is 62.3 Å². The molecule has 0 unspecified atom stereocenters. The van der Waals surface area contributed by atoms with E-state index in [1.165, 1.54) is 63.8 Å². The van der Waals surface area contributed by atoms with Crippen molar-refractivity contribution in [1.82, 2.24) is 0 Å². The summed E-state index contributed by atoms with van der Waals surface area (Å²) in [5, 5.41) is 0. The first-order valence-electron chi connectivity index (χ1n) is 15.5. The van der Waals surface area contributed by atoms with Crippen LogP contribution >= 0.6 is 0 Å². The molecule has 6 rings (SSSR count). The van der Waals surface area contributed by atoms with E-state index in [1.54, 1.807) is 55.6 Å². The Balaban J connectivity index is 0.000000163. The molecule has 3 aliphatic rings. The third-order valence-electron chi connectivity index (χ3n) is 10.4. The number of fused-ring (bicyclic) bond motifs is 3. The molecule has 0 bridgehead atoms. The normalized spacial score (nSPS) is 13.1. The van der Waals surface area contributed by atoms with Gasteiger partial charge in [0, 0.05) is 0 Å². The van der Waals surface area contributed by atoms with Crippen LogP contribution in [0.3, 0.4) is 0 Å². The fraction of sp³-hybridized carbons (Fsp3) is 0.550. The molecule has 0 amide bonds. The van der Waals surface area contributed by atoms with Crippen LogP contribution in [0.15, 0.2) is 0 Å². The molecule has 0 N–H and O–H groups in total. The maximum absolute atomic E-state index is 2.32. The summed E-state index contributed by atoms with van der Waals surface area (Å²) in [4.78, 5) is 0. The summed E-state index contributed by atoms with van der Waals surface area (Å²) in [6, 6.07) is 0. The summed E-state index contributed by atoms with van der Waals surface area (Å²) in [7, 11) is 0. The lowest BCUT2D eigenvalue weighted by Gasteiger charge is -2.21. The Labute approximate surface area is 248 Å². The summed E-state index contributed by atoms with van der Waals surface area (Å²) < 4.78 is 0. The van der Waals surface area contributed by atoms with Crippen molar-refractivity contribution >= 4 is 0 Å². The Bertz CT molecular complexity index is 1410. The Kier molecular flexibility index (Phi) is 9.25. The Hall–Kier alpha value is -2.34. The predicted molar refractivity (Wildman–Crippen MR) is 179 cm³/mol. The lowest BCUT2D eigenvalue weighted by atomic mass is 9.85. The maximum atomic E-state index is 2.32. The molecular formula is C40H58. The molecule has 0 spiro atoms. The van der Waals surface area contributed by atoms with Crippen LogP contribution in [0.2, 0.25) is 0 Å². The van der Waals surface area contributed by atoms with Crippen LogP contribution in [-0.4, -0.2) is 0 Å². The molecule has 0 atom stereocenters. The van der Waals surface area contributed by atoms with Crippen LogP contribution in [0.5, 0.6) is 0 Å². The van der Waals surface area contributed by atoms with Crippen molar-refractivity contribution < 1.29 is 0 Å². The fourth-order valence-corrected chi connectivity index (χ4v) is 7.42. The minimum atomic E-state index is 0. The summed E-state index contributed by atoms with van der Waals surface area (Å²) in [5.41, 5.74) is 28.5. The van der Waals surface area contributed by atoms with Crippen molar-refractivity contribution in [3.05, 3.63) is 100 Å². The molecular weight excluding hydrogens is 480 g/mol. The predicted octanol–water partition coefficient (Wildman–Crippen LogP) is 11.6. The highest BCUT2D eigenvalue weighted by molar-refractivity contribution is 5.69. The molecule has 0 nitrogen and oxygen atoms in total. The summed E-state index contributed by atoms with van der Waals surface area (Å²) in [5.74, 6) is 2.07. The first-order valence-corrected chi connectivity index (χ1v) is 15.5. The molecule has 40 heavy (non-hydrogen) atoms. The van der Waals surface area contributed by atoms with E-state index in [0.717, 1.165) is 5.92 Å². The molecule has 0 heterocycles. The van der Waals surface area contributed by atoms with E-state index < -0.39 is 0 Å². The van der Waals surface area contributed by atoms with E-state index in [4.69, 9.17) is 0 Å². The highest BCUT2D eigenvalue weighted by Gasteiger charge is 2.36. The first kappa shape index (κ1) is 32.2. The molecule has 0 heteroatoms. The van der Waals surface area contributed by atoms with E-state index >= 15 is 0 Å². The van der Waals surface area contributed by atoms with Gasteiger partial charge in [-0.2, -0.15) is 0 Å². The van der Waals surface area contributed by atoms with Crippen LogP contribution in [0.1, 0.15) is 167 Å². The summed E-state index contributed by atoms with van der Waals surface area (Å²) in [6.45, 7) is 34.1. The van der Waals surface area contributed by atoms with Crippen LogP contribution < -0.4 is 0 Å². The molecule has 0 saturated carbocycles. The zero-order valence-electron chi connectivity index (χ0n) is 27.9. The lowest BCUT2D eigenvalue weighted by Crippen LogP contribution is -2.04. The Morgan fingerprint density at radius 1 is 0.300 bits per heavy atom. The zero-order valence-corrected chi connectivity index (χ0v) is 27.9. The number of hydrogen-bond donors (Lipinski definition) is 0. The summed E-state index contributed by atoms with van der Waals surface area (Å²) in [6.07, 6.45) is 3.85. The van der Waals surface area contributed by atoms with Gasteiger partial charge in [-0.15, -0.1) is 0 Å². The van der Waals surface area contributed by atoms with E-state index in [0.29, 0.717) is 11.8 Å². The van der Waals surface area contributed by atoms with Gasteiger partial charge in [-0.3, -0.25) is 0 Å². The van der Waals surface area contributed by atoms with Gasteiger partial charge in [0.25, 0.3) is 0 Å². The van der Waals surface area contributed by atoms with Gasteiger partial charge in [0.05, 0.1) is 0 Å². The van der Waals surface area contributed by atoms with Crippen molar-refractivity contribution in [3.63, 3.8) is 0 Å². The smallest absolute Gasteiger partial charge is 0.00142 e. The minimum absolute atomic E-state index is 0. The number of rotatable bonds is 3. The van der Waals surface area contributed by atoms with E-state index in [9.17, 15) is 0 Å². The first-order chi connectivity index (χ1) is 18.1. The van der Waals surface area contributed by atoms with Gasteiger partial charge < -0.3 is 0 Å². The van der Waals surface area contributed by atoms with E-state index in [-0.39, 0.29) is 7.43 Å². The van der Waals surface area contributed by atoms with Gasteiger partial charge in [0.2, 0.25) is 0 Å². The molecule has 0 fully saturated rings. The summed E-state index contributed by atoms with van der Waals surface area (Å²) >= 11 is 0. The number of hydrogen-bond acceptors (Lipinski definition) is 0. The topological polar surface area (TPSA) is 0 Å². The maximum Gasteiger partial charge on any atom is -0.00142 e. The van der Waals surface area contributed by atoms with Gasteiger partial charge in [-0.25, -0.2) is 0 Å². The molecule has 0 aliphatic heterocycles. The quantitative estimate of drug-likeness (QED) is 0.210. The van der Waals surface area contributed by atoms with Crippen molar-refractivity contribution in [2.24, 2.45) is 0 Å². The molecule has 0 aromatic heterocycles. The molecule has 218 valence electrons. The van der Waals surface area contributed by atoms with Gasteiger partial charge in [0.15, 0.2) is 0 Å². The fourth-order valence-electron chi connectivity index (χ4n) is 7.42. The second-order valence-corrected chi connectivity index (χ2v) is 13.7. The highest BCUT2D eigenvalue weighted by Crippen LogP contribution is 2.49. The largest absolute Gasteiger partial charge is 0.0776 e. The lowest BCUT2D eigenvalue weighted by molar-refractivity contribution is 0.837. The third kappa shape index (κ3) is 5.57. The van der Waals surface area contributed by atoms with Crippen molar-refractivity contribution in [2.45, 2.75) is 148 Å².